The maximum absolute atomic E-state index is 13.7. The molecule has 1 aliphatic carbocycles. The van der Waals surface area contributed by atoms with Crippen LogP contribution in [0.15, 0.2) is 18.2 Å². The monoisotopic (exact) mass is 282 g/mol. The van der Waals surface area contributed by atoms with E-state index in [9.17, 15) is 4.39 Å². The van der Waals surface area contributed by atoms with E-state index in [1.54, 1.807) is 12.1 Å². The minimum absolute atomic E-state index is 0.229. The average molecular weight is 283 g/mol. The third-order valence-electron chi connectivity index (χ3n) is 3.07. The lowest BCUT2D eigenvalue weighted by atomic mass is 10.1. The summed E-state index contributed by atoms with van der Waals surface area (Å²) in [6.07, 6.45) is 2.84. The second-order valence-electron chi connectivity index (χ2n) is 4.55. The van der Waals surface area contributed by atoms with Crippen molar-refractivity contribution in [3.8, 4) is 0 Å². The summed E-state index contributed by atoms with van der Waals surface area (Å²) >= 11 is 7.35. The smallest absolute Gasteiger partial charge is 0.180 e. The largest absolute Gasteiger partial charge is 0.375 e. The molecule has 1 aliphatic rings. The van der Waals surface area contributed by atoms with Crippen LogP contribution in [0, 0.1) is 5.82 Å². The zero-order valence-corrected chi connectivity index (χ0v) is 11.2. The predicted molar refractivity (Wildman–Crippen MR) is 72.7 cm³/mol. The Kier molecular flexibility index (Phi) is 2.99. The summed E-state index contributed by atoms with van der Waals surface area (Å²) in [4.78, 5) is 5.43. The zero-order chi connectivity index (χ0) is 12.7. The van der Waals surface area contributed by atoms with E-state index in [1.165, 1.54) is 17.4 Å². The van der Waals surface area contributed by atoms with E-state index in [0.717, 1.165) is 23.4 Å². The van der Waals surface area contributed by atoms with Gasteiger partial charge in [0.05, 0.1) is 5.69 Å². The third-order valence-corrected chi connectivity index (χ3v) is 4.20. The molecule has 5 heteroatoms. The predicted octanol–water partition coefficient (Wildman–Crippen LogP) is 3.99. The van der Waals surface area contributed by atoms with Crippen LogP contribution < -0.4 is 5.73 Å². The highest BCUT2D eigenvalue weighted by atomic mass is 35.5. The van der Waals surface area contributed by atoms with Gasteiger partial charge in [-0.3, -0.25) is 0 Å². The number of anilines is 1. The van der Waals surface area contributed by atoms with Crippen LogP contribution in [0.2, 0.25) is 5.02 Å². The van der Waals surface area contributed by atoms with E-state index in [1.807, 2.05) is 0 Å². The first kappa shape index (κ1) is 11.9. The summed E-state index contributed by atoms with van der Waals surface area (Å²) in [5, 5.41) is 1.12. The Morgan fingerprint density at radius 3 is 2.94 bits per heavy atom. The molecule has 1 aromatic heterocycles. The first-order valence-electron chi connectivity index (χ1n) is 5.82. The molecule has 0 bridgehead atoms. The SMILES string of the molecule is Nc1nc(C2CC2)c(Cc2cc(Cl)ccc2F)s1. The van der Waals surface area contributed by atoms with E-state index in [4.69, 9.17) is 17.3 Å². The molecule has 1 saturated carbocycles. The van der Waals surface area contributed by atoms with E-state index in [-0.39, 0.29) is 5.82 Å². The number of nitrogens with zero attached hydrogens (tertiary/aromatic N) is 1. The highest BCUT2D eigenvalue weighted by molar-refractivity contribution is 7.15. The van der Waals surface area contributed by atoms with Gasteiger partial charge in [0.2, 0.25) is 0 Å². The Labute approximate surface area is 114 Å². The molecule has 3 rings (SSSR count). The van der Waals surface area contributed by atoms with Gasteiger partial charge >= 0.3 is 0 Å². The summed E-state index contributed by atoms with van der Waals surface area (Å²) in [6, 6.07) is 4.63. The quantitative estimate of drug-likeness (QED) is 0.924. The molecule has 2 aromatic rings. The second kappa shape index (κ2) is 4.52. The van der Waals surface area contributed by atoms with Crippen LogP contribution in [0.1, 0.15) is 34.9 Å². The first-order chi connectivity index (χ1) is 8.63. The highest BCUT2D eigenvalue weighted by Gasteiger charge is 2.29. The summed E-state index contributed by atoms with van der Waals surface area (Å²) in [6.45, 7) is 0. The van der Waals surface area contributed by atoms with Gasteiger partial charge in [-0.1, -0.05) is 11.6 Å². The molecule has 0 atom stereocenters. The van der Waals surface area contributed by atoms with Crippen molar-refractivity contribution < 1.29 is 4.39 Å². The van der Waals surface area contributed by atoms with Gasteiger partial charge in [-0.2, -0.15) is 0 Å². The molecule has 2 nitrogen and oxygen atoms in total. The molecular weight excluding hydrogens is 271 g/mol. The average Bonchev–Trinajstić information content (AvgIpc) is 3.09. The van der Waals surface area contributed by atoms with Crippen LogP contribution >= 0.6 is 22.9 Å². The number of nitrogen functional groups attached to an aromatic ring is 1. The normalized spacial score (nSPS) is 15.0. The van der Waals surface area contributed by atoms with Crippen molar-refractivity contribution in [1.82, 2.24) is 4.98 Å². The van der Waals surface area contributed by atoms with Crippen molar-refractivity contribution in [2.45, 2.75) is 25.2 Å². The molecule has 1 aromatic carbocycles. The molecule has 0 unspecified atom stereocenters. The Morgan fingerprint density at radius 1 is 1.44 bits per heavy atom. The second-order valence-corrected chi connectivity index (χ2v) is 6.10. The summed E-state index contributed by atoms with van der Waals surface area (Å²) < 4.78 is 13.7. The molecule has 94 valence electrons. The van der Waals surface area contributed by atoms with E-state index >= 15 is 0 Å². The van der Waals surface area contributed by atoms with Crippen LogP contribution in [0.5, 0.6) is 0 Å². The van der Waals surface area contributed by atoms with Crippen LogP contribution in [-0.2, 0) is 6.42 Å². The lowest BCUT2D eigenvalue weighted by Gasteiger charge is -2.03. The van der Waals surface area contributed by atoms with Crippen molar-refractivity contribution in [2.24, 2.45) is 0 Å². The highest BCUT2D eigenvalue weighted by Crippen LogP contribution is 2.43. The number of halogens is 2. The van der Waals surface area contributed by atoms with E-state index in [0.29, 0.717) is 28.1 Å². The van der Waals surface area contributed by atoms with E-state index < -0.39 is 0 Å². The fourth-order valence-electron chi connectivity index (χ4n) is 2.04. The van der Waals surface area contributed by atoms with Gasteiger partial charge < -0.3 is 5.73 Å². The molecule has 0 spiro atoms. The maximum atomic E-state index is 13.7. The summed E-state index contributed by atoms with van der Waals surface area (Å²) in [5.74, 6) is 0.295. The molecule has 18 heavy (non-hydrogen) atoms. The lowest BCUT2D eigenvalue weighted by molar-refractivity contribution is 0.614. The standard InChI is InChI=1S/C13H12ClFN2S/c14-9-3-4-10(15)8(5-9)6-11-12(7-1-2-7)17-13(16)18-11/h3-5,7H,1-2,6H2,(H2,16,17). The number of nitrogens with two attached hydrogens (primary N) is 1. The molecule has 0 radical (unpaired) electrons. The molecule has 2 N–H and O–H groups in total. The van der Waals surface area contributed by atoms with E-state index in [2.05, 4.69) is 4.98 Å². The Hall–Kier alpha value is -1.13. The van der Waals surface area contributed by atoms with Gasteiger partial charge in [0.25, 0.3) is 0 Å². The fraction of sp³-hybridized carbons (Fsp3) is 0.308. The van der Waals surface area contributed by atoms with Gasteiger partial charge in [0.15, 0.2) is 5.13 Å². The third kappa shape index (κ3) is 2.35. The van der Waals surface area contributed by atoms with Gasteiger partial charge in [-0.15, -0.1) is 11.3 Å². The lowest BCUT2D eigenvalue weighted by Crippen LogP contribution is -1.94. The van der Waals surface area contributed by atoms with Gasteiger partial charge in [0, 0.05) is 22.2 Å². The van der Waals surface area contributed by atoms with Crippen molar-refractivity contribution in [3.63, 3.8) is 0 Å². The van der Waals surface area contributed by atoms with Crippen LogP contribution in [0.25, 0.3) is 0 Å². The van der Waals surface area contributed by atoms with Crippen molar-refractivity contribution >= 4 is 28.1 Å². The Morgan fingerprint density at radius 2 is 2.22 bits per heavy atom. The van der Waals surface area contributed by atoms with Crippen LogP contribution in [0.4, 0.5) is 9.52 Å². The number of rotatable bonds is 3. The molecule has 0 saturated heterocycles. The number of hydrogen-bond acceptors (Lipinski definition) is 3. The van der Waals surface area contributed by atoms with Gasteiger partial charge in [-0.25, -0.2) is 9.37 Å². The minimum Gasteiger partial charge on any atom is -0.375 e. The Balaban J connectivity index is 1.94. The topological polar surface area (TPSA) is 38.9 Å². The molecule has 0 aliphatic heterocycles. The van der Waals surface area contributed by atoms with Crippen molar-refractivity contribution in [2.75, 3.05) is 5.73 Å². The molecule has 1 fully saturated rings. The zero-order valence-electron chi connectivity index (χ0n) is 9.62. The number of benzene rings is 1. The number of thiazole rings is 1. The van der Waals surface area contributed by atoms with Crippen molar-refractivity contribution in [1.29, 1.82) is 0 Å². The first-order valence-corrected chi connectivity index (χ1v) is 7.02. The fourth-order valence-corrected chi connectivity index (χ4v) is 3.17. The van der Waals surface area contributed by atoms with Gasteiger partial charge in [0.1, 0.15) is 5.82 Å². The summed E-state index contributed by atoms with van der Waals surface area (Å²) in [5.41, 5.74) is 7.41. The number of aromatic nitrogens is 1. The molecule has 1 heterocycles. The number of hydrogen-bond donors (Lipinski definition) is 1. The van der Waals surface area contributed by atoms with Crippen LogP contribution in [-0.4, -0.2) is 4.98 Å². The Bertz CT molecular complexity index is 593. The minimum atomic E-state index is -0.229. The molecule has 0 amide bonds. The summed E-state index contributed by atoms with van der Waals surface area (Å²) in [7, 11) is 0. The van der Waals surface area contributed by atoms with Gasteiger partial charge in [-0.05, 0) is 36.6 Å². The van der Waals surface area contributed by atoms with Crippen molar-refractivity contribution in [3.05, 3.63) is 45.2 Å². The van der Waals surface area contributed by atoms with Crippen LogP contribution in [0.3, 0.4) is 0 Å². The maximum Gasteiger partial charge on any atom is 0.180 e. The molecular formula is C13H12ClFN2S.